The fourth-order valence-electron chi connectivity index (χ4n) is 4.39. The Hall–Kier alpha value is -1.45. The molecule has 1 aromatic carbocycles. The highest BCUT2D eigenvalue weighted by molar-refractivity contribution is 9.10. The van der Waals surface area contributed by atoms with Gasteiger partial charge in [-0.3, -0.25) is 20.0 Å². The SMILES string of the molecule is Cc1cc(Br)cc(C)c1N1C=C2C(=O)NC(N3CC4CC(C3)O4)NC2N1. The number of anilines is 1. The fraction of sp³-hybridized carbons (Fsp3) is 0.500. The van der Waals surface area contributed by atoms with Crippen molar-refractivity contribution in [2.75, 3.05) is 18.1 Å². The van der Waals surface area contributed by atoms with E-state index in [0.29, 0.717) is 17.8 Å². The standard InChI is InChI=1S/C18H22BrN5O2/c1-9-3-11(19)4-10(2)15(9)24-8-14-16(22-24)20-18(21-17(14)25)23-6-12-5-13(7-23)26-12/h3-4,8,12-13,16,18,20,22H,5-7H2,1-2H3,(H,21,25). The fourth-order valence-corrected chi connectivity index (χ4v) is 5.08. The van der Waals surface area contributed by atoms with Gasteiger partial charge in [0, 0.05) is 30.2 Å². The van der Waals surface area contributed by atoms with Crippen molar-refractivity contribution < 1.29 is 9.53 Å². The predicted octanol–water partition coefficient (Wildman–Crippen LogP) is 1.08. The minimum atomic E-state index is -0.199. The Morgan fingerprint density at radius 1 is 1.19 bits per heavy atom. The van der Waals surface area contributed by atoms with Crippen molar-refractivity contribution in [3.8, 4) is 0 Å². The van der Waals surface area contributed by atoms with E-state index in [1.807, 2.05) is 11.2 Å². The molecule has 1 aromatic rings. The molecule has 2 bridgehead atoms. The van der Waals surface area contributed by atoms with Gasteiger partial charge in [0.2, 0.25) is 0 Å². The van der Waals surface area contributed by atoms with Crippen LogP contribution >= 0.6 is 15.9 Å². The molecule has 26 heavy (non-hydrogen) atoms. The van der Waals surface area contributed by atoms with E-state index in [-0.39, 0.29) is 18.4 Å². The number of carbonyl (C=O) groups excluding carboxylic acids is 1. The molecule has 0 spiro atoms. The van der Waals surface area contributed by atoms with E-state index in [4.69, 9.17) is 4.74 Å². The summed E-state index contributed by atoms with van der Waals surface area (Å²) in [4.78, 5) is 14.9. The molecule has 4 unspecified atom stereocenters. The number of rotatable bonds is 2. The van der Waals surface area contributed by atoms with E-state index >= 15 is 0 Å². The number of ether oxygens (including phenoxy) is 1. The van der Waals surface area contributed by atoms with Crippen LogP contribution in [0.15, 0.2) is 28.4 Å². The second-order valence-corrected chi connectivity index (χ2v) is 8.43. The molecule has 6 rings (SSSR count). The Morgan fingerprint density at radius 3 is 2.50 bits per heavy atom. The zero-order valence-electron chi connectivity index (χ0n) is 14.8. The second-order valence-electron chi connectivity index (χ2n) is 7.52. The summed E-state index contributed by atoms with van der Waals surface area (Å²) in [6, 6.07) is 4.17. The molecule has 4 saturated heterocycles. The van der Waals surface area contributed by atoms with Gasteiger partial charge in [0.15, 0.2) is 0 Å². The van der Waals surface area contributed by atoms with Gasteiger partial charge in [-0.2, -0.15) is 0 Å². The minimum absolute atomic E-state index is 0.0265. The van der Waals surface area contributed by atoms with Crippen molar-refractivity contribution in [1.29, 1.82) is 0 Å². The van der Waals surface area contributed by atoms with E-state index in [1.54, 1.807) is 0 Å². The van der Waals surface area contributed by atoms with Crippen LogP contribution in [0.1, 0.15) is 17.5 Å². The number of nitrogens with one attached hydrogen (secondary N) is 3. The van der Waals surface area contributed by atoms with Gasteiger partial charge in [0.1, 0.15) is 12.5 Å². The van der Waals surface area contributed by atoms with Crippen molar-refractivity contribution in [3.63, 3.8) is 0 Å². The number of aryl methyl sites for hydroxylation is 2. The Balaban J connectivity index is 1.36. The summed E-state index contributed by atoms with van der Waals surface area (Å²) in [5.74, 6) is -0.0265. The molecule has 0 aliphatic carbocycles. The van der Waals surface area contributed by atoms with Crippen LogP contribution in [0.4, 0.5) is 5.69 Å². The van der Waals surface area contributed by atoms with Gasteiger partial charge >= 0.3 is 0 Å². The number of nitrogens with zero attached hydrogens (tertiary/aromatic N) is 2. The highest BCUT2D eigenvalue weighted by Gasteiger charge is 2.44. The molecule has 5 heterocycles. The monoisotopic (exact) mass is 419 g/mol. The van der Waals surface area contributed by atoms with E-state index in [1.165, 1.54) is 0 Å². The molecule has 5 aliphatic rings. The number of carbonyl (C=O) groups is 1. The average molecular weight is 420 g/mol. The van der Waals surface area contributed by atoms with Gasteiger partial charge in [-0.05, 0) is 37.1 Å². The third kappa shape index (κ3) is 2.68. The van der Waals surface area contributed by atoms with Crippen LogP contribution in [-0.4, -0.2) is 48.6 Å². The highest BCUT2D eigenvalue weighted by Crippen LogP contribution is 2.32. The number of halogens is 1. The normalized spacial score (nSPS) is 33.4. The first-order valence-corrected chi connectivity index (χ1v) is 9.77. The summed E-state index contributed by atoms with van der Waals surface area (Å²) in [5, 5.41) is 8.56. The molecule has 138 valence electrons. The quantitative estimate of drug-likeness (QED) is 0.666. The molecule has 8 heteroatoms. The molecule has 0 aromatic heterocycles. The van der Waals surface area contributed by atoms with E-state index in [9.17, 15) is 4.79 Å². The van der Waals surface area contributed by atoms with Crippen LogP contribution < -0.4 is 21.1 Å². The first-order chi connectivity index (χ1) is 12.5. The smallest absolute Gasteiger partial charge is 0.254 e. The molecule has 7 nitrogen and oxygen atoms in total. The van der Waals surface area contributed by atoms with Crippen LogP contribution in [-0.2, 0) is 9.53 Å². The molecule has 1 amide bonds. The van der Waals surface area contributed by atoms with E-state index < -0.39 is 0 Å². The second kappa shape index (κ2) is 6.03. The third-order valence-corrected chi connectivity index (χ3v) is 6.01. The van der Waals surface area contributed by atoms with Gasteiger partial charge in [-0.1, -0.05) is 15.9 Å². The lowest BCUT2D eigenvalue weighted by atomic mass is 9.98. The number of benzene rings is 1. The van der Waals surface area contributed by atoms with E-state index in [2.05, 4.69) is 62.9 Å². The lowest BCUT2D eigenvalue weighted by molar-refractivity contribution is -0.194. The predicted molar refractivity (Wildman–Crippen MR) is 101 cm³/mol. The van der Waals surface area contributed by atoms with Crippen molar-refractivity contribution >= 4 is 27.5 Å². The summed E-state index contributed by atoms with van der Waals surface area (Å²) in [6.07, 6.45) is 3.29. The minimum Gasteiger partial charge on any atom is -0.372 e. The maximum Gasteiger partial charge on any atom is 0.254 e. The van der Waals surface area contributed by atoms with Crippen molar-refractivity contribution in [2.45, 2.75) is 44.9 Å². The number of hydrogen-bond donors (Lipinski definition) is 3. The maximum absolute atomic E-state index is 12.7. The molecular weight excluding hydrogens is 398 g/mol. The number of hydrazine groups is 1. The van der Waals surface area contributed by atoms with Gasteiger partial charge in [-0.15, -0.1) is 0 Å². The average Bonchev–Trinajstić information content (AvgIpc) is 2.97. The van der Waals surface area contributed by atoms with Gasteiger partial charge in [-0.25, -0.2) is 5.43 Å². The number of morpholine rings is 1. The highest BCUT2D eigenvalue weighted by atomic mass is 79.9. The summed E-state index contributed by atoms with van der Waals surface area (Å²) >= 11 is 3.54. The molecule has 4 atom stereocenters. The maximum atomic E-state index is 12.7. The third-order valence-electron chi connectivity index (χ3n) is 5.55. The number of amides is 1. The molecule has 5 aliphatic heterocycles. The van der Waals surface area contributed by atoms with Crippen LogP contribution in [0.2, 0.25) is 0 Å². The lowest BCUT2D eigenvalue weighted by Gasteiger charge is -2.50. The molecule has 0 radical (unpaired) electrons. The zero-order valence-corrected chi connectivity index (χ0v) is 16.3. The molecule has 0 saturated carbocycles. The van der Waals surface area contributed by atoms with Crippen molar-refractivity contribution in [3.05, 3.63) is 39.5 Å². The Kier molecular flexibility index (Phi) is 3.88. The number of hydrogen-bond acceptors (Lipinski definition) is 6. The van der Waals surface area contributed by atoms with Gasteiger partial charge in [0.05, 0.1) is 23.5 Å². The Labute approximate surface area is 160 Å². The number of piperidine rings is 1. The Morgan fingerprint density at radius 2 is 1.85 bits per heavy atom. The van der Waals surface area contributed by atoms with Gasteiger partial charge < -0.3 is 10.1 Å². The van der Waals surface area contributed by atoms with Crippen LogP contribution in [0.25, 0.3) is 0 Å². The van der Waals surface area contributed by atoms with Crippen LogP contribution in [0.3, 0.4) is 0 Å². The summed E-state index contributed by atoms with van der Waals surface area (Å²) in [5.41, 5.74) is 7.50. The Bertz CT molecular complexity index is 774. The molecule has 4 fully saturated rings. The van der Waals surface area contributed by atoms with Crippen LogP contribution in [0, 0.1) is 13.8 Å². The largest absolute Gasteiger partial charge is 0.372 e. The molecule has 3 N–H and O–H groups in total. The van der Waals surface area contributed by atoms with E-state index in [0.717, 1.165) is 40.8 Å². The topological polar surface area (TPSA) is 68.9 Å². The van der Waals surface area contributed by atoms with Crippen LogP contribution in [0.5, 0.6) is 0 Å². The first kappa shape index (κ1) is 16.7. The summed E-state index contributed by atoms with van der Waals surface area (Å²) < 4.78 is 6.76. The summed E-state index contributed by atoms with van der Waals surface area (Å²) in [7, 11) is 0. The van der Waals surface area contributed by atoms with Crippen molar-refractivity contribution in [1.82, 2.24) is 21.0 Å². The summed E-state index contributed by atoms with van der Waals surface area (Å²) in [6.45, 7) is 5.86. The molecular formula is C18H22BrN5O2. The van der Waals surface area contributed by atoms with Gasteiger partial charge in [0.25, 0.3) is 5.91 Å². The first-order valence-electron chi connectivity index (χ1n) is 8.98. The van der Waals surface area contributed by atoms with Crippen molar-refractivity contribution in [2.24, 2.45) is 0 Å². The lowest BCUT2D eigenvalue weighted by Crippen LogP contribution is -2.71. The number of fused-ring (bicyclic) bond motifs is 3. The zero-order chi connectivity index (χ0) is 18.0.